The van der Waals surface area contributed by atoms with Crippen LogP contribution in [0.15, 0.2) is 47.1 Å². The smallest absolute Gasteiger partial charge is 0.311 e. The summed E-state index contributed by atoms with van der Waals surface area (Å²) in [4.78, 5) is 25.8. The lowest BCUT2D eigenvalue weighted by Gasteiger charge is -2.37. The number of piperidine rings is 1. The Bertz CT molecular complexity index is 754. The van der Waals surface area contributed by atoms with Crippen molar-refractivity contribution >= 4 is 11.9 Å². The summed E-state index contributed by atoms with van der Waals surface area (Å²) in [6, 6.07) is 11.0. The van der Waals surface area contributed by atoms with Gasteiger partial charge in [-0.15, -0.1) is 0 Å². The molecule has 132 valence electrons. The average Bonchev–Trinajstić information content (AvgIpc) is 3.08. The van der Waals surface area contributed by atoms with Crippen LogP contribution < -0.4 is 4.74 Å². The molecule has 2 heterocycles. The van der Waals surface area contributed by atoms with E-state index in [0.29, 0.717) is 30.7 Å². The molecule has 6 nitrogen and oxygen atoms in total. The van der Waals surface area contributed by atoms with Crippen molar-refractivity contribution in [3.05, 3.63) is 54.0 Å². The van der Waals surface area contributed by atoms with E-state index in [9.17, 15) is 14.7 Å². The number of carbonyl (C=O) groups excluding carboxylic acids is 1. The summed E-state index contributed by atoms with van der Waals surface area (Å²) in [7, 11) is 0. The molecule has 0 aliphatic carbocycles. The van der Waals surface area contributed by atoms with Crippen molar-refractivity contribution in [1.82, 2.24) is 4.90 Å². The molecule has 1 N–H and O–H groups in total. The number of carbonyl (C=O) groups is 2. The predicted octanol–water partition coefficient (Wildman–Crippen LogP) is 3.19. The van der Waals surface area contributed by atoms with Gasteiger partial charge < -0.3 is 19.2 Å². The van der Waals surface area contributed by atoms with E-state index in [4.69, 9.17) is 9.15 Å². The van der Waals surface area contributed by atoms with Crippen LogP contribution >= 0.6 is 0 Å². The van der Waals surface area contributed by atoms with Crippen LogP contribution in [0, 0.1) is 5.41 Å². The highest BCUT2D eigenvalue weighted by Gasteiger charge is 2.40. The van der Waals surface area contributed by atoms with Crippen molar-refractivity contribution < 1.29 is 23.8 Å². The number of rotatable bonds is 5. The van der Waals surface area contributed by atoms with E-state index < -0.39 is 11.4 Å². The quantitative estimate of drug-likeness (QED) is 0.902. The number of aliphatic carboxylic acids is 1. The maximum atomic E-state index is 12.8. The molecule has 0 saturated carbocycles. The van der Waals surface area contributed by atoms with Crippen LogP contribution in [0.4, 0.5) is 0 Å². The summed E-state index contributed by atoms with van der Waals surface area (Å²) in [6.45, 7) is 2.60. The molecule has 0 spiro atoms. The molecule has 1 amide bonds. The minimum atomic E-state index is -0.915. The zero-order valence-electron chi connectivity index (χ0n) is 14.1. The lowest BCUT2D eigenvalue weighted by atomic mass is 9.82. The third kappa shape index (κ3) is 3.68. The second-order valence-corrected chi connectivity index (χ2v) is 6.57. The van der Waals surface area contributed by atoms with Crippen molar-refractivity contribution in [2.24, 2.45) is 5.41 Å². The number of ether oxygens (including phenoxy) is 1. The number of hydrogen-bond donors (Lipinski definition) is 1. The molecule has 1 aliphatic heterocycles. The molecule has 0 bridgehead atoms. The van der Waals surface area contributed by atoms with E-state index in [2.05, 4.69) is 0 Å². The van der Waals surface area contributed by atoms with Crippen LogP contribution in [0.2, 0.25) is 0 Å². The van der Waals surface area contributed by atoms with Gasteiger partial charge in [-0.3, -0.25) is 9.59 Å². The number of nitrogens with zero attached hydrogens (tertiary/aromatic N) is 1. The van der Waals surface area contributed by atoms with Gasteiger partial charge in [-0.2, -0.15) is 0 Å². The van der Waals surface area contributed by atoms with Gasteiger partial charge in [0.25, 0.3) is 5.91 Å². The van der Waals surface area contributed by atoms with Crippen molar-refractivity contribution in [3.63, 3.8) is 0 Å². The predicted molar refractivity (Wildman–Crippen MR) is 90.4 cm³/mol. The first kappa shape index (κ1) is 17.1. The number of para-hydroxylation sites is 1. The first-order chi connectivity index (χ1) is 12.0. The van der Waals surface area contributed by atoms with Crippen molar-refractivity contribution in [3.8, 4) is 5.75 Å². The monoisotopic (exact) mass is 343 g/mol. The lowest BCUT2D eigenvalue weighted by Crippen LogP contribution is -2.48. The number of benzene rings is 1. The average molecular weight is 343 g/mol. The Morgan fingerprint density at radius 2 is 2.04 bits per heavy atom. The van der Waals surface area contributed by atoms with Gasteiger partial charge in [0.15, 0.2) is 5.76 Å². The zero-order chi connectivity index (χ0) is 17.9. The molecular weight excluding hydrogens is 322 g/mol. The standard InChI is InChI=1S/C19H21NO5/c1-19(18(22)23)9-5-10-20(13-19)17(21)16-14(8-11-24-16)12-25-15-6-3-2-4-7-15/h2-4,6-8,11H,5,9-10,12-13H2,1H3,(H,22,23). The number of carboxylic acids is 1. The molecule has 1 atom stereocenters. The van der Waals surface area contributed by atoms with Gasteiger partial charge in [-0.25, -0.2) is 0 Å². The van der Waals surface area contributed by atoms with Crippen molar-refractivity contribution in [1.29, 1.82) is 0 Å². The number of carboxylic acid groups (broad SMARTS) is 1. The summed E-state index contributed by atoms with van der Waals surface area (Å²) >= 11 is 0. The molecule has 2 aromatic rings. The highest BCUT2D eigenvalue weighted by atomic mass is 16.5. The van der Waals surface area contributed by atoms with Crippen LogP contribution in [0.1, 0.15) is 35.9 Å². The molecule has 1 unspecified atom stereocenters. The molecule has 1 fully saturated rings. The molecule has 3 rings (SSSR count). The topological polar surface area (TPSA) is 80.0 Å². The zero-order valence-corrected chi connectivity index (χ0v) is 14.1. The van der Waals surface area contributed by atoms with E-state index in [1.54, 1.807) is 17.9 Å². The van der Waals surface area contributed by atoms with Gasteiger partial charge in [0, 0.05) is 18.7 Å². The van der Waals surface area contributed by atoms with Crippen molar-refractivity contribution in [2.75, 3.05) is 13.1 Å². The van der Waals surface area contributed by atoms with Crippen LogP contribution in [0.3, 0.4) is 0 Å². The van der Waals surface area contributed by atoms with Gasteiger partial charge >= 0.3 is 5.97 Å². The third-order valence-corrected chi connectivity index (χ3v) is 4.58. The Hall–Kier alpha value is -2.76. The first-order valence-corrected chi connectivity index (χ1v) is 8.26. The van der Waals surface area contributed by atoms with Gasteiger partial charge in [-0.05, 0) is 38.0 Å². The van der Waals surface area contributed by atoms with E-state index in [-0.39, 0.29) is 24.8 Å². The molecule has 1 saturated heterocycles. The normalized spacial score (nSPS) is 20.3. The fourth-order valence-electron chi connectivity index (χ4n) is 3.05. The Kier molecular flexibility index (Phi) is 4.79. The molecular formula is C19H21NO5. The number of furan rings is 1. The maximum absolute atomic E-state index is 12.8. The van der Waals surface area contributed by atoms with E-state index in [1.165, 1.54) is 6.26 Å². The van der Waals surface area contributed by atoms with E-state index in [1.807, 2.05) is 30.3 Å². The second-order valence-electron chi connectivity index (χ2n) is 6.57. The minimum Gasteiger partial charge on any atom is -0.489 e. The Labute approximate surface area is 146 Å². The molecule has 1 aliphatic rings. The van der Waals surface area contributed by atoms with Gasteiger partial charge in [-0.1, -0.05) is 18.2 Å². The van der Waals surface area contributed by atoms with Crippen molar-refractivity contribution in [2.45, 2.75) is 26.4 Å². The largest absolute Gasteiger partial charge is 0.489 e. The second kappa shape index (κ2) is 7.01. The summed E-state index contributed by atoms with van der Waals surface area (Å²) < 4.78 is 11.1. The summed E-state index contributed by atoms with van der Waals surface area (Å²) in [5, 5.41) is 9.41. The first-order valence-electron chi connectivity index (χ1n) is 8.26. The van der Waals surface area contributed by atoms with Gasteiger partial charge in [0.05, 0.1) is 11.7 Å². The Morgan fingerprint density at radius 3 is 2.76 bits per heavy atom. The van der Waals surface area contributed by atoms with Gasteiger partial charge in [0.2, 0.25) is 0 Å². The van der Waals surface area contributed by atoms with E-state index >= 15 is 0 Å². The summed E-state index contributed by atoms with van der Waals surface area (Å²) in [6.07, 6.45) is 2.68. The molecule has 1 aromatic carbocycles. The lowest BCUT2D eigenvalue weighted by molar-refractivity contribution is -0.150. The van der Waals surface area contributed by atoms with E-state index in [0.717, 1.165) is 0 Å². The SMILES string of the molecule is CC1(C(=O)O)CCCN(C(=O)c2occc2COc2ccccc2)C1. The number of likely N-dealkylation sites (tertiary alicyclic amines) is 1. The Morgan fingerprint density at radius 1 is 1.28 bits per heavy atom. The summed E-state index contributed by atoms with van der Waals surface area (Å²) in [5.41, 5.74) is -0.266. The van der Waals surface area contributed by atoms with Crippen LogP contribution in [0.5, 0.6) is 5.75 Å². The van der Waals surface area contributed by atoms with Gasteiger partial charge in [0.1, 0.15) is 12.4 Å². The molecule has 0 radical (unpaired) electrons. The highest BCUT2D eigenvalue weighted by molar-refractivity contribution is 5.93. The molecule has 6 heteroatoms. The fraction of sp³-hybridized carbons (Fsp3) is 0.368. The number of hydrogen-bond acceptors (Lipinski definition) is 4. The summed E-state index contributed by atoms with van der Waals surface area (Å²) in [5.74, 6) is -0.245. The molecule has 25 heavy (non-hydrogen) atoms. The Balaban J connectivity index is 1.71. The third-order valence-electron chi connectivity index (χ3n) is 4.58. The fourth-order valence-corrected chi connectivity index (χ4v) is 3.05. The highest BCUT2D eigenvalue weighted by Crippen LogP contribution is 2.31. The molecule has 1 aromatic heterocycles. The van der Waals surface area contributed by atoms with Crippen LogP contribution in [0.25, 0.3) is 0 Å². The number of amides is 1. The maximum Gasteiger partial charge on any atom is 0.311 e. The van der Waals surface area contributed by atoms with Crippen LogP contribution in [-0.4, -0.2) is 35.0 Å². The van der Waals surface area contributed by atoms with Crippen LogP contribution in [-0.2, 0) is 11.4 Å². The minimum absolute atomic E-state index is 0.181.